The van der Waals surface area contributed by atoms with Crippen molar-refractivity contribution in [1.82, 2.24) is 18.9 Å². The van der Waals surface area contributed by atoms with Crippen molar-refractivity contribution in [2.24, 2.45) is 24.8 Å². The lowest BCUT2D eigenvalue weighted by molar-refractivity contribution is -0.148. The van der Waals surface area contributed by atoms with Gasteiger partial charge >= 0.3 is 5.69 Å². The number of ether oxygens (including phenoxy) is 1. The smallest absolute Gasteiger partial charge is 0.331 e. The lowest BCUT2D eigenvalue weighted by atomic mass is 9.81. The summed E-state index contributed by atoms with van der Waals surface area (Å²) in [5.41, 5.74) is -0.0469. The summed E-state index contributed by atoms with van der Waals surface area (Å²) in [6, 6.07) is 5.15. The molecule has 1 aromatic heterocycles. The van der Waals surface area contributed by atoms with Crippen LogP contribution in [0.25, 0.3) is 10.9 Å². The SMILES string of the molecule is COc1ccc2c(c1)c(=O)n(C[C@H]1CC[C@H](C(=O)N3CCN(CC4CC4)C(=O)C3)CC1)c(=O)n2C. The van der Waals surface area contributed by atoms with Gasteiger partial charge in [0.25, 0.3) is 5.56 Å². The zero-order valence-corrected chi connectivity index (χ0v) is 20.6. The molecule has 3 aliphatic rings. The van der Waals surface area contributed by atoms with E-state index in [4.69, 9.17) is 4.74 Å². The number of benzene rings is 1. The Morgan fingerprint density at radius 2 is 1.66 bits per heavy atom. The van der Waals surface area contributed by atoms with Gasteiger partial charge in [-0.15, -0.1) is 0 Å². The lowest BCUT2D eigenvalue weighted by Gasteiger charge is -2.37. The molecule has 0 unspecified atom stereocenters. The molecule has 35 heavy (non-hydrogen) atoms. The van der Waals surface area contributed by atoms with Gasteiger partial charge in [0.05, 0.1) is 24.6 Å². The molecule has 9 nitrogen and oxygen atoms in total. The van der Waals surface area contributed by atoms with Crippen LogP contribution >= 0.6 is 0 Å². The molecule has 2 amide bonds. The molecule has 2 aliphatic carbocycles. The third kappa shape index (κ3) is 4.73. The standard InChI is InChI=1S/C26H34N4O5/c1-27-22-10-9-20(35-2)13-21(22)25(33)30(26(27)34)15-18-5-7-19(8-6-18)24(32)29-12-11-28(23(31)16-29)14-17-3-4-17/h9-10,13,17-19H,3-8,11-12,14-16H2,1-2H3/t18-,19-. The molecular weight excluding hydrogens is 448 g/mol. The maximum atomic E-state index is 13.1. The number of aryl methyl sites for hydroxylation is 1. The summed E-state index contributed by atoms with van der Waals surface area (Å²) >= 11 is 0. The third-order valence-corrected chi connectivity index (χ3v) is 8.00. The predicted molar refractivity (Wildman–Crippen MR) is 131 cm³/mol. The van der Waals surface area contributed by atoms with Crippen LogP contribution in [0.15, 0.2) is 27.8 Å². The summed E-state index contributed by atoms with van der Waals surface area (Å²) < 4.78 is 8.09. The van der Waals surface area contributed by atoms with E-state index in [0.29, 0.717) is 42.2 Å². The van der Waals surface area contributed by atoms with Crippen molar-refractivity contribution < 1.29 is 14.3 Å². The van der Waals surface area contributed by atoms with Crippen molar-refractivity contribution in [1.29, 1.82) is 0 Å². The van der Waals surface area contributed by atoms with Gasteiger partial charge in [0, 0.05) is 39.1 Å². The first kappa shape index (κ1) is 23.6. The Morgan fingerprint density at radius 1 is 0.971 bits per heavy atom. The molecule has 1 aliphatic heterocycles. The molecule has 2 heterocycles. The highest BCUT2D eigenvalue weighted by atomic mass is 16.5. The summed E-state index contributed by atoms with van der Waals surface area (Å²) in [6.45, 7) is 2.63. The van der Waals surface area contributed by atoms with Gasteiger partial charge in [0.2, 0.25) is 11.8 Å². The molecule has 5 rings (SSSR count). The number of rotatable bonds is 6. The fraction of sp³-hybridized carbons (Fsp3) is 0.615. The van der Waals surface area contributed by atoms with Gasteiger partial charge in [0.15, 0.2) is 0 Å². The summed E-state index contributed by atoms with van der Waals surface area (Å²) in [6.07, 6.45) is 5.41. The molecule has 3 fully saturated rings. The number of hydrogen-bond donors (Lipinski definition) is 0. The number of nitrogens with zero attached hydrogens (tertiary/aromatic N) is 4. The van der Waals surface area contributed by atoms with Gasteiger partial charge in [-0.1, -0.05) is 0 Å². The first-order valence-corrected chi connectivity index (χ1v) is 12.7. The van der Waals surface area contributed by atoms with Crippen LogP contribution < -0.4 is 16.0 Å². The van der Waals surface area contributed by atoms with Gasteiger partial charge in [-0.3, -0.25) is 23.5 Å². The molecule has 0 radical (unpaired) electrons. The third-order valence-electron chi connectivity index (χ3n) is 8.00. The quantitative estimate of drug-likeness (QED) is 0.624. The highest BCUT2D eigenvalue weighted by molar-refractivity contribution is 5.87. The molecule has 1 saturated heterocycles. The zero-order valence-electron chi connectivity index (χ0n) is 20.6. The summed E-state index contributed by atoms with van der Waals surface area (Å²) in [7, 11) is 3.22. The maximum absolute atomic E-state index is 13.1. The second-order valence-corrected chi connectivity index (χ2v) is 10.4. The molecule has 0 N–H and O–H groups in total. The average Bonchev–Trinajstić information content (AvgIpc) is 3.70. The molecule has 188 valence electrons. The van der Waals surface area contributed by atoms with Crippen LogP contribution in [-0.2, 0) is 23.2 Å². The zero-order chi connectivity index (χ0) is 24.7. The van der Waals surface area contributed by atoms with Crippen LogP contribution in [0.3, 0.4) is 0 Å². The van der Waals surface area contributed by atoms with Gasteiger partial charge in [-0.25, -0.2) is 4.79 Å². The number of methoxy groups -OCH3 is 1. The van der Waals surface area contributed by atoms with E-state index in [0.717, 1.165) is 32.2 Å². The number of hydrogen-bond acceptors (Lipinski definition) is 5. The van der Waals surface area contributed by atoms with Crippen LogP contribution in [-0.4, -0.2) is 64.0 Å². The van der Waals surface area contributed by atoms with E-state index < -0.39 is 0 Å². The minimum Gasteiger partial charge on any atom is -0.497 e. The minimum atomic E-state index is -0.326. The number of piperazine rings is 1. The van der Waals surface area contributed by atoms with E-state index in [-0.39, 0.29) is 41.4 Å². The second kappa shape index (κ2) is 9.51. The fourth-order valence-electron chi connectivity index (χ4n) is 5.59. The summed E-state index contributed by atoms with van der Waals surface area (Å²) in [5, 5.41) is 0.459. The number of carbonyl (C=O) groups excluding carboxylic acids is 2. The highest BCUT2D eigenvalue weighted by Crippen LogP contribution is 2.32. The van der Waals surface area contributed by atoms with Crippen molar-refractivity contribution in [3.8, 4) is 5.75 Å². The normalized spacial score (nSPS) is 23.1. The van der Waals surface area contributed by atoms with E-state index in [1.54, 1.807) is 37.3 Å². The molecular formula is C26H34N4O5. The van der Waals surface area contributed by atoms with Crippen molar-refractivity contribution in [3.05, 3.63) is 39.0 Å². The Hall–Kier alpha value is -3.10. The number of amides is 2. The Morgan fingerprint density at radius 3 is 2.31 bits per heavy atom. The Balaban J connectivity index is 1.22. The fourth-order valence-corrected chi connectivity index (χ4v) is 5.59. The van der Waals surface area contributed by atoms with Crippen molar-refractivity contribution in [2.45, 2.75) is 45.1 Å². The van der Waals surface area contributed by atoms with Gasteiger partial charge < -0.3 is 14.5 Å². The van der Waals surface area contributed by atoms with E-state index in [1.807, 2.05) is 4.90 Å². The highest BCUT2D eigenvalue weighted by Gasteiger charge is 2.35. The van der Waals surface area contributed by atoms with Gasteiger partial charge in [-0.05, 0) is 68.6 Å². The molecule has 2 saturated carbocycles. The van der Waals surface area contributed by atoms with Crippen LogP contribution in [0, 0.1) is 17.8 Å². The van der Waals surface area contributed by atoms with Crippen LogP contribution in [0.1, 0.15) is 38.5 Å². The Labute approximate surface area is 204 Å². The monoisotopic (exact) mass is 482 g/mol. The number of aromatic nitrogens is 2. The molecule has 0 spiro atoms. The van der Waals surface area contributed by atoms with Crippen molar-refractivity contribution in [3.63, 3.8) is 0 Å². The van der Waals surface area contributed by atoms with E-state index in [1.165, 1.54) is 22.0 Å². The second-order valence-electron chi connectivity index (χ2n) is 10.4. The lowest BCUT2D eigenvalue weighted by Crippen LogP contribution is -2.54. The van der Waals surface area contributed by atoms with Crippen LogP contribution in [0.5, 0.6) is 5.75 Å². The minimum absolute atomic E-state index is 0.0633. The van der Waals surface area contributed by atoms with Crippen molar-refractivity contribution >= 4 is 22.7 Å². The summed E-state index contributed by atoms with van der Waals surface area (Å²) in [5.74, 6) is 1.44. The predicted octanol–water partition coefficient (Wildman–Crippen LogP) is 1.60. The van der Waals surface area contributed by atoms with Gasteiger partial charge in [-0.2, -0.15) is 0 Å². The molecule has 0 atom stereocenters. The summed E-state index contributed by atoms with van der Waals surface area (Å²) in [4.78, 5) is 55.3. The van der Waals surface area contributed by atoms with E-state index >= 15 is 0 Å². The molecule has 2 aromatic rings. The average molecular weight is 483 g/mol. The van der Waals surface area contributed by atoms with E-state index in [9.17, 15) is 19.2 Å². The first-order chi connectivity index (χ1) is 16.9. The molecule has 9 heteroatoms. The Kier molecular flexibility index (Phi) is 6.42. The maximum Gasteiger partial charge on any atom is 0.331 e. The van der Waals surface area contributed by atoms with Gasteiger partial charge in [0.1, 0.15) is 5.75 Å². The Bertz CT molecular complexity index is 1250. The first-order valence-electron chi connectivity index (χ1n) is 12.7. The van der Waals surface area contributed by atoms with Crippen molar-refractivity contribution in [2.75, 3.05) is 33.3 Å². The number of fused-ring (bicyclic) bond motifs is 1. The molecule has 0 bridgehead atoms. The van der Waals surface area contributed by atoms with E-state index in [2.05, 4.69) is 0 Å². The molecule has 1 aromatic carbocycles. The van der Waals surface area contributed by atoms with Crippen LogP contribution in [0.4, 0.5) is 0 Å². The topological polar surface area (TPSA) is 93.8 Å². The largest absolute Gasteiger partial charge is 0.497 e. The number of carbonyl (C=O) groups is 2. The van der Waals surface area contributed by atoms with Crippen LogP contribution in [0.2, 0.25) is 0 Å².